The zero-order valence-corrected chi connectivity index (χ0v) is 18.1. The number of hydrogen-bond acceptors (Lipinski definition) is 8. The predicted molar refractivity (Wildman–Crippen MR) is 110 cm³/mol. The standard InChI is InChI=1S/C18H20N4O4S3/c1-12-20-17(21-26-12)14-8-16(28-11-14)29(24,25)22-6-2-4-13(10-22)18(23)19-9-15-5-3-7-27-15/h3,5,7-8,11,13H,2,4,6,9-10H2,1H3,(H,19,23)/t13-/m0/s1. The molecule has 3 aromatic rings. The van der Waals surface area contributed by atoms with Crippen LogP contribution in [0.1, 0.15) is 23.6 Å². The van der Waals surface area contributed by atoms with Gasteiger partial charge >= 0.3 is 0 Å². The number of aromatic nitrogens is 2. The lowest BCUT2D eigenvalue weighted by atomic mass is 9.99. The van der Waals surface area contributed by atoms with Crippen LogP contribution in [0, 0.1) is 12.8 Å². The fraction of sp³-hybridized carbons (Fsp3) is 0.389. The van der Waals surface area contributed by atoms with Crippen molar-refractivity contribution in [1.82, 2.24) is 19.8 Å². The number of sulfonamides is 1. The van der Waals surface area contributed by atoms with Gasteiger partial charge in [0.05, 0.1) is 12.5 Å². The number of nitrogens with one attached hydrogen (secondary N) is 1. The summed E-state index contributed by atoms with van der Waals surface area (Å²) in [5, 5.41) is 10.4. The first-order chi connectivity index (χ1) is 13.9. The largest absolute Gasteiger partial charge is 0.351 e. The molecule has 1 atom stereocenters. The normalized spacial score (nSPS) is 18.0. The molecular weight excluding hydrogens is 432 g/mol. The molecule has 8 nitrogen and oxygen atoms in total. The van der Waals surface area contributed by atoms with Crippen molar-refractivity contribution in [3.05, 3.63) is 39.7 Å². The van der Waals surface area contributed by atoms with Gasteiger partial charge in [0.15, 0.2) is 0 Å². The van der Waals surface area contributed by atoms with Crippen LogP contribution in [0.5, 0.6) is 0 Å². The van der Waals surface area contributed by atoms with Crippen molar-refractivity contribution in [1.29, 1.82) is 0 Å². The van der Waals surface area contributed by atoms with Crippen molar-refractivity contribution >= 4 is 38.6 Å². The number of rotatable bonds is 6. The second-order valence-electron chi connectivity index (χ2n) is 6.79. The van der Waals surface area contributed by atoms with Crippen LogP contribution in [0.25, 0.3) is 11.4 Å². The van der Waals surface area contributed by atoms with Crippen molar-refractivity contribution in [2.24, 2.45) is 5.92 Å². The number of carbonyl (C=O) groups excluding carboxylic acids is 1. The fourth-order valence-corrected chi connectivity index (χ4v) is 6.70. The molecule has 3 aromatic heterocycles. The Morgan fingerprint density at radius 1 is 1.41 bits per heavy atom. The van der Waals surface area contributed by atoms with Gasteiger partial charge in [-0.1, -0.05) is 11.2 Å². The van der Waals surface area contributed by atoms with Crippen molar-refractivity contribution < 1.29 is 17.7 Å². The molecule has 4 heterocycles. The number of hydrogen-bond donors (Lipinski definition) is 1. The molecule has 0 aromatic carbocycles. The van der Waals surface area contributed by atoms with E-state index in [1.165, 1.54) is 4.31 Å². The number of aryl methyl sites for hydroxylation is 1. The predicted octanol–water partition coefficient (Wildman–Crippen LogP) is 2.89. The van der Waals surface area contributed by atoms with E-state index in [2.05, 4.69) is 15.5 Å². The highest BCUT2D eigenvalue weighted by Crippen LogP contribution is 2.31. The third-order valence-electron chi connectivity index (χ3n) is 4.73. The first kappa shape index (κ1) is 20.2. The maximum Gasteiger partial charge on any atom is 0.252 e. The van der Waals surface area contributed by atoms with E-state index in [0.29, 0.717) is 43.2 Å². The Morgan fingerprint density at radius 2 is 2.28 bits per heavy atom. The summed E-state index contributed by atoms with van der Waals surface area (Å²) in [6, 6.07) is 5.46. The van der Waals surface area contributed by atoms with E-state index in [0.717, 1.165) is 16.2 Å². The van der Waals surface area contributed by atoms with E-state index in [1.54, 1.807) is 29.7 Å². The molecule has 1 aliphatic rings. The van der Waals surface area contributed by atoms with E-state index in [1.807, 2.05) is 17.5 Å². The molecule has 0 radical (unpaired) electrons. The minimum atomic E-state index is -3.68. The van der Waals surface area contributed by atoms with Gasteiger partial charge in [-0.05, 0) is 30.4 Å². The van der Waals surface area contributed by atoms with Crippen LogP contribution in [0.3, 0.4) is 0 Å². The molecule has 1 aliphatic heterocycles. The number of nitrogens with zero attached hydrogens (tertiary/aromatic N) is 3. The summed E-state index contributed by atoms with van der Waals surface area (Å²) in [7, 11) is -3.68. The highest BCUT2D eigenvalue weighted by molar-refractivity contribution is 7.91. The monoisotopic (exact) mass is 452 g/mol. The summed E-state index contributed by atoms with van der Waals surface area (Å²) < 4.78 is 32.8. The summed E-state index contributed by atoms with van der Waals surface area (Å²) in [5.74, 6) is 0.331. The van der Waals surface area contributed by atoms with Gasteiger partial charge < -0.3 is 9.84 Å². The lowest BCUT2D eigenvalue weighted by Gasteiger charge is -2.30. The lowest BCUT2D eigenvalue weighted by Crippen LogP contribution is -2.45. The second-order valence-corrected chi connectivity index (χ2v) is 10.9. The third kappa shape index (κ3) is 4.42. The van der Waals surface area contributed by atoms with Gasteiger partial charge in [-0.15, -0.1) is 22.7 Å². The highest BCUT2D eigenvalue weighted by atomic mass is 32.2. The zero-order valence-electron chi connectivity index (χ0n) is 15.7. The van der Waals surface area contributed by atoms with Crippen LogP contribution in [0.15, 0.2) is 37.7 Å². The topological polar surface area (TPSA) is 105 Å². The average molecular weight is 453 g/mol. The Labute approximate surface area is 176 Å². The van der Waals surface area contributed by atoms with Crippen LogP contribution in [-0.2, 0) is 21.4 Å². The van der Waals surface area contributed by atoms with Gasteiger partial charge in [-0.25, -0.2) is 8.42 Å². The van der Waals surface area contributed by atoms with Crippen molar-refractivity contribution in [2.45, 2.75) is 30.5 Å². The van der Waals surface area contributed by atoms with E-state index in [9.17, 15) is 13.2 Å². The smallest absolute Gasteiger partial charge is 0.252 e. The molecule has 0 saturated carbocycles. The fourth-order valence-electron chi connectivity index (χ4n) is 3.22. The van der Waals surface area contributed by atoms with Crippen molar-refractivity contribution in [2.75, 3.05) is 13.1 Å². The maximum absolute atomic E-state index is 13.1. The SMILES string of the molecule is Cc1nc(-c2csc(S(=O)(=O)N3CCC[C@H](C(=O)NCc4cccs4)C3)c2)no1. The molecular formula is C18H20N4O4S3. The summed E-state index contributed by atoms with van der Waals surface area (Å²) >= 11 is 2.70. The van der Waals surface area contributed by atoms with E-state index in [-0.39, 0.29) is 22.6 Å². The van der Waals surface area contributed by atoms with Gasteiger partial charge in [0.2, 0.25) is 17.6 Å². The summed E-state index contributed by atoms with van der Waals surface area (Å²) in [6.07, 6.45) is 1.33. The summed E-state index contributed by atoms with van der Waals surface area (Å²) in [5.41, 5.74) is 0.604. The molecule has 154 valence electrons. The van der Waals surface area contributed by atoms with Gasteiger partial charge in [0, 0.05) is 35.8 Å². The number of piperidine rings is 1. The Bertz CT molecular complexity index is 1090. The number of amides is 1. The molecule has 1 fully saturated rings. The Hall–Kier alpha value is -2.08. The first-order valence-electron chi connectivity index (χ1n) is 9.13. The van der Waals surface area contributed by atoms with Crippen LogP contribution in [-0.4, -0.2) is 41.9 Å². The van der Waals surface area contributed by atoms with Gasteiger partial charge in [0.1, 0.15) is 4.21 Å². The van der Waals surface area contributed by atoms with Gasteiger partial charge in [-0.2, -0.15) is 9.29 Å². The molecule has 0 bridgehead atoms. The van der Waals surface area contributed by atoms with Crippen LogP contribution < -0.4 is 5.32 Å². The number of carbonyl (C=O) groups is 1. The molecule has 1 N–H and O–H groups in total. The molecule has 1 saturated heterocycles. The Kier molecular flexibility index (Phi) is 5.81. The van der Waals surface area contributed by atoms with Crippen LogP contribution in [0.2, 0.25) is 0 Å². The molecule has 0 unspecified atom stereocenters. The average Bonchev–Trinajstić information content (AvgIpc) is 3.47. The molecule has 1 amide bonds. The second kappa shape index (κ2) is 8.34. The van der Waals surface area contributed by atoms with E-state index >= 15 is 0 Å². The lowest BCUT2D eigenvalue weighted by molar-refractivity contribution is -0.126. The van der Waals surface area contributed by atoms with Gasteiger partial charge in [0.25, 0.3) is 10.0 Å². The van der Waals surface area contributed by atoms with Gasteiger partial charge in [-0.3, -0.25) is 4.79 Å². The molecule has 29 heavy (non-hydrogen) atoms. The zero-order chi connectivity index (χ0) is 20.4. The van der Waals surface area contributed by atoms with Crippen molar-refractivity contribution in [3.63, 3.8) is 0 Å². The maximum atomic E-state index is 13.1. The van der Waals surface area contributed by atoms with Crippen LogP contribution >= 0.6 is 22.7 Å². The minimum Gasteiger partial charge on any atom is -0.351 e. The highest BCUT2D eigenvalue weighted by Gasteiger charge is 2.34. The molecule has 4 rings (SSSR count). The first-order valence-corrected chi connectivity index (χ1v) is 12.3. The minimum absolute atomic E-state index is 0.104. The van der Waals surface area contributed by atoms with E-state index < -0.39 is 10.0 Å². The Morgan fingerprint density at radius 3 is 3.00 bits per heavy atom. The summed E-state index contributed by atoms with van der Waals surface area (Å²) in [4.78, 5) is 17.7. The molecule has 11 heteroatoms. The van der Waals surface area contributed by atoms with Crippen molar-refractivity contribution in [3.8, 4) is 11.4 Å². The van der Waals surface area contributed by atoms with E-state index in [4.69, 9.17) is 4.52 Å². The van der Waals surface area contributed by atoms with Crippen LogP contribution in [0.4, 0.5) is 0 Å². The molecule has 0 aliphatic carbocycles. The summed E-state index contributed by atoms with van der Waals surface area (Å²) in [6.45, 7) is 2.74. The molecule has 0 spiro atoms. The quantitative estimate of drug-likeness (QED) is 0.617. The number of thiophene rings is 2. The Balaban J connectivity index is 1.44. The third-order valence-corrected chi connectivity index (χ3v) is 8.88.